The molecule has 2 N–H and O–H groups in total. The van der Waals surface area contributed by atoms with Gasteiger partial charge in [0.25, 0.3) is 5.91 Å². The molecule has 1 saturated heterocycles. The summed E-state index contributed by atoms with van der Waals surface area (Å²) in [5.74, 6) is -1.19. The minimum absolute atomic E-state index is 0.142. The van der Waals surface area contributed by atoms with E-state index < -0.39 is 17.8 Å². The highest BCUT2D eigenvalue weighted by molar-refractivity contribution is 6.40. The van der Waals surface area contributed by atoms with E-state index in [9.17, 15) is 14.0 Å². The van der Waals surface area contributed by atoms with Gasteiger partial charge >= 0.3 is 0 Å². The Balaban J connectivity index is 1.84. The zero-order chi connectivity index (χ0) is 16.4. The zero-order valence-electron chi connectivity index (χ0n) is 12.4. The van der Waals surface area contributed by atoms with Crippen molar-refractivity contribution in [3.8, 4) is 0 Å². The number of amides is 2. The number of hydrazone groups is 1. The van der Waals surface area contributed by atoms with E-state index in [0.717, 1.165) is 0 Å². The molecule has 1 atom stereocenters. The number of primary amides is 1. The lowest BCUT2D eigenvalue weighted by atomic mass is 10.1. The van der Waals surface area contributed by atoms with Gasteiger partial charge in [0.1, 0.15) is 17.6 Å². The van der Waals surface area contributed by atoms with Gasteiger partial charge in [-0.2, -0.15) is 5.10 Å². The zero-order valence-corrected chi connectivity index (χ0v) is 12.4. The third-order valence-corrected chi connectivity index (χ3v) is 3.88. The summed E-state index contributed by atoms with van der Waals surface area (Å²) in [7, 11) is 0. The lowest BCUT2D eigenvalue weighted by molar-refractivity contribution is -0.128. The summed E-state index contributed by atoms with van der Waals surface area (Å²) in [5, 5.41) is 5.64. The molecule has 1 aromatic carbocycles. The van der Waals surface area contributed by atoms with Gasteiger partial charge < -0.3 is 15.4 Å². The van der Waals surface area contributed by atoms with E-state index in [4.69, 9.17) is 10.5 Å². The van der Waals surface area contributed by atoms with Crippen LogP contribution in [0.25, 0.3) is 0 Å². The van der Waals surface area contributed by atoms with Crippen molar-refractivity contribution >= 4 is 23.2 Å². The Morgan fingerprint density at radius 1 is 1.22 bits per heavy atom. The van der Waals surface area contributed by atoms with E-state index in [0.29, 0.717) is 32.0 Å². The average Bonchev–Trinajstić information content (AvgIpc) is 3.01. The molecule has 0 spiro atoms. The van der Waals surface area contributed by atoms with Gasteiger partial charge in [-0.05, 0) is 24.3 Å². The highest BCUT2D eigenvalue weighted by Gasteiger charge is 2.36. The predicted molar refractivity (Wildman–Crippen MR) is 81.3 cm³/mol. The summed E-state index contributed by atoms with van der Waals surface area (Å²) < 4.78 is 18.3. The Labute approximate surface area is 132 Å². The molecule has 0 aliphatic carbocycles. The number of carbonyl (C=O) groups excluding carboxylic acids is 2. The van der Waals surface area contributed by atoms with Crippen LogP contribution in [0.2, 0.25) is 0 Å². The number of ether oxygens (including phenoxy) is 1. The maximum atomic E-state index is 13.1. The average molecular weight is 320 g/mol. The summed E-state index contributed by atoms with van der Waals surface area (Å²) in [6.07, 6.45) is 0.142. The van der Waals surface area contributed by atoms with Crippen LogP contribution >= 0.6 is 0 Å². The second kappa shape index (κ2) is 6.33. The van der Waals surface area contributed by atoms with E-state index in [2.05, 4.69) is 5.10 Å². The fourth-order valence-electron chi connectivity index (χ4n) is 2.64. The summed E-state index contributed by atoms with van der Waals surface area (Å²) in [4.78, 5) is 25.8. The molecule has 0 saturated carbocycles. The maximum absolute atomic E-state index is 13.1. The topological polar surface area (TPSA) is 88.2 Å². The van der Waals surface area contributed by atoms with Crippen molar-refractivity contribution < 1.29 is 18.7 Å². The molecule has 1 aromatic rings. The third-order valence-electron chi connectivity index (χ3n) is 3.88. The lowest BCUT2D eigenvalue weighted by Gasteiger charge is -2.26. The Morgan fingerprint density at radius 3 is 2.48 bits per heavy atom. The van der Waals surface area contributed by atoms with Gasteiger partial charge in [-0.25, -0.2) is 4.39 Å². The number of anilines is 1. The summed E-state index contributed by atoms with van der Waals surface area (Å²) in [6, 6.07) is 4.78. The molecule has 0 bridgehead atoms. The van der Waals surface area contributed by atoms with E-state index in [1.54, 1.807) is 4.90 Å². The standard InChI is InChI=1S/C15H17FN4O3/c16-10-1-3-11(4-2-10)20-13(14(17)21)9-12(18-20)15(22)19-5-7-23-8-6-19/h1-4,13H,5-9H2,(H2,17,21)/t13-/m0/s1. The normalized spacial score (nSPS) is 21.3. The molecule has 3 rings (SSSR count). The maximum Gasteiger partial charge on any atom is 0.270 e. The van der Waals surface area contributed by atoms with Gasteiger partial charge in [0.05, 0.1) is 18.9 Å². The summed E-state index contributed by atoms with van der Waals surface area (Å²) >= 11 is 0. The number of hydrogen-bond donors (Lipinski definition) is 1. The monoisotopic (exact) mass is 320 g/mol. The quantitative estimate of drug-likeness (QED) is 0.856. The highest BCUT2D eigenvalue weighted by Crippen LogP contribution is 2.25. The first-order chi connectivity index (χ1) is 11.1. The first kappa shape index (κ1) is 15.4. The van der Waals surface area contributed by atoms with Crippen LogP contribution in [0.5, 0.6) is 0 Å². The smallest absolute Gasteiger partial charge is 0.270 e. The molecule has 1 fully saturated rings. The summed E-state index contributed by atoms with van der Waals surface area (Å²) in [6.45, 7) is 1.96. The number of morpholine rings is 1. The van der Waals surface area contributed by atoms with Crippen molar-refractivity contribution in [1.29, 1.82) is 0 Å². The van der Waals surface area contributed by atoms with E-state index >= 15 is 0 Å². The van der Waals surface area contributed by atoms with Crippen LogP contribution in [0, 0.1) is 5.82 Å². The first-order valence-corrected chi connectivity index (χ1v) is 7.35. The molecule has 2 aliphatic heterocycles. The number of nitrogens with zero attached hydrogens (tertiary/aromatic N) is 3. The highest BCUT2D eigenvalue weighted by atomic mass is 19.1. The minimum atomic E-state index is -0.750. The van der Waals surface area contributed by atoms with Crippen molar-refractivity contribution in [3.05, 3.63) is 30.1 Å². The fraction of sp³-hybridized carbons (Fsp3) is 0.400. The molecule has 0 radical (unpaired) electrons. The van der Waals surface area contributed by atoms with Gasteiger partial charge in [-0.1, -0.05) is 0 Å². The van der Waals surface area contributed by atoms with Gasteiger partial charge in [-0.15, -0.1) is 0 Å². The van der Waals surface area contributed by atoms with Gasteiger partial charge in [0.2, 0.25) is 5.91 Å². The number of rotatable bonds is 3. The number of carbonyl (C=O) groups is 2. The SMILES string of the molecule is NC(=O)[C@@H]1CC(C(=O)N2CCOCC2)=NN1c1ccc(F)cc1. The Morgan fingerprint density at radius 2 is 1.87 bits per heavy atom. The molecule has 7 nitrogen and oxygen atoms in total. The number of hydrogen-bond acceptors (Lipinski definition) is 5. The lowest BCUT2D eigenvalue weighted by Crippen LogP contribution is -2.44. The van der Waals surface area contributed by atoms with Crippen LogP contribution < -0.4 is 10.7 Å². The molecule has 2 heterocycles. The van der Waals surface area contributed by atoms with E-state index in [-0.39, 0.29) is 18.0 Å². The van der Waals surface area contributed by atoms with Crippen LogP contribution in [0.1, 0.15) is 6.42 Å². The molecule has 8 heteroatoms. The largest absolute Gasteiger partial charge is 0.378 e. The van der Waals surface area contributed by atoms with Crippen molar-refractivity contribution in [1.82, 2.24) is 4.90 Å². The molecule has 0 aromatic heterocycles. The molecule has 23 heavy (non-hydrogen) atoms. The molecule has 0 unspecified atom stereocenters. The number of benzene rings is 1. The molecular weight excluding hydrogens is 303 g/mol. The van der Waals surface area contributed by atoms with Crippen molar-refractivity contribution in [2.24, 2.45) is 10.8 Å². The van der Waals surface area contributed by atoms with Crippen LogP contribution in [0.4, 0.5) is 10.1 Å². The minimum Gasteiger partial charge on any atom is -0.378 e. The third kappa shape index (κ3) is 3.16. The van der Waals surface area contributed by atoms with Crippen LogP contribution in [0.3, 0.4) is 0 Å². The van der Waals surface area contributed by atoms with Crippen molar-refractivity contribution in [2.75, 3.05) is 31.3 Å². The predicted octanol–water partition coefficient (Wildman–Crippen LogP) is 0.105. The Hall–Kier alpha value is -2.48. The second-order valence-electron chi connectivity index (χ2n) is 5.39. The van der Waals surface area contributed by atoms with Crippen LogP contribution in [0.15, 0.2) is 29.4 Å². The first-order valence-electron chi connectivity index (χ1n) is 7.35. The number of nitrogens with two attached hydrogens (primary N) is 1. The van der Waals surface area contributed by atoms with Crippen molar-refractivity contribution in [3.63, 3.8) is 0 Å². The molecule has 2 aliphatic rings. The molecule has 122 valence electrons. The van der Waals surface area contributed by atoms with E-state index in [1.807, 2.05) is 0 Å². The van der Waals surface area contributed by atoms with Gasteiger partial charge in [-0.3, -0.25) is 14.6 Å². The van der Waals surface area contributed by atoms with Crippen LogP contribution in [-0.4, -0.2) is 54.8 Å². The van der Waals surface area contributed by atoms with Gasteiger partial charge in [0.15, 0.2) is 0 Å². The molecular formula is C15H17FN4O3. The van der Waals surface area contributed by atoms with E-state index in [1.165, 1.54) is 29.3 Å². The molecule has 2 amide bonds. The summed E-state index contributed by atoms with van der Waals surface area (Å²) in [5.41, 5.74) is 6.21. The van der Waals surface area contributed by atoms with Crippen LogP contribution in [-0.2, 0) is 14.3 Å². The van der Waals surface area contributed by atoms with Gasteiger partial charge in [0, 0.05) is 19.5 Å². The second-order valence-corrected chi connectivity index (χ2v) is 5.39. The fourth-order valence-corrected chi connectivity index (χ4v) is 2.64. The number of halogens is 1. The Bertz CT molecular complexity index is 641. The Kier molecular flexibility index (Phi) is 4.24. The van der Waals surface area contributed by atoms with Crippen molar-refractivity contribution in [2.45, 2.75) is 12.5 Å².